The Morgan fingerprint density at radius 3 is 1.89 bits per heavy atom. The van der Waals surface area contributed by atoms with Gasteiger partial charge in [0, 0.05) is 0 Å². The Kier molecular flexibility index (Phi) is 6.97. The minimum atomic E-state index is 0.167. The van der Waals surface area contributed by atoms with E-state index in [-0.39, 0.29) is 6.61 Å². The zero-order valence-corrected chi connectivity index (χ0v) is 7.55. The number of hydrogen-bond donors (Lipinski definition) is 0. The van der Waals surface area contributed by atoms with Crippen molar-refractivity contribution in [3.8, 4) is 0 Å². The van der Waals surface area contributed by atoms with Gasteiger partial charge in [0.25, 0.3) is 0 Å². The van der Waals surface area contributed by atoms with Crippen LogP contribution in [-0.2, 0) is 0 Å². The molecule has 0 aliphatic heterocycles. The molecule has 1 saturated carbocycles. The molecule has 2 heteroatoms. The summed E-state index contributed by atoms with van der Waals surface area (Å²) >= 11 is 0.750. The molecule has 1 rings (SSSR count). The van der Waals surface area contributed by atoms with Crippen molar-refractivity contribution in [1.29, 1.82) is 0 Å². The second-order valence-corrected chi connectivity index (χ2v) is 3.70. The minimum absolute atomic E-state index is 0.167. The number of rotatable bonds is 1. The monoisotopic (exact) mass is 142 g/mol. The van der Waals surface area contributed by atoms with Gasteiger partial charge in [-0.25, -0.2) is 0 Å². The van der Waals surface area contributed by atoms with Crippen LogP contribution in [0.25, 0.3) is 0 Å². The second kappa shape index (κ2) is 6.61. The average molecular weight is 142 g/mol. The summed E-state index contributed by atoms with van der Waals surface area (Å²) in [5.41, 5.74) is 0. The van der Waals surface area contributed by atoms with Crippen LogP contribution >= 0.6 is 0 Å². The van der Waals surface area contributed by atoms with Crippen LogP contribution in [0.1, 0.15) is 19.3 Å². The maximum absolute atomic E-state index is 9.91. The van der Waals surface area contributed by atoms with E-state index in [9.17, 15) is 5.11 Å². The first-order chi connectivity index (χ1) is 4.35. The molecule has 0 unspecified atom stereocenters. The maximum Gasteiger partial charge on any atom is -0.0517 e. The summed E-state index contributed by atoms with van der Waals surface area (Å²) in [7, 11) is 0. The van der Waals surface area contributed by atoms with Gasteiger partial charge in [-0.3, -0.25) is 0 Å². The van der Waals surface area contributed by atoms with Gasteiger partial charge in [0.1, 0.15) is 0 Å². The molecule has 0 aromatic rings. The van der Waals surface area contributed by atoms with Crippen molar-refractivity contribution in [1.82, 2.24) is 0 Å². The fraction of sp³-hybridized carbons (Fsp3) is 1.00. The van der Waals surface area contributed by atoms with E-state index in [0.29, 0.717) is 5.92 Å². The van der Waals surface area contributed by atoms with E-state index in [2.05, 4.69) is 11.6 Å². The molecule has 1 aliphatic rings. The molecule has 1 aliphatic carbocycles. The third-order valence-electron chi connectivity index (χ3n) is 1.46. The van der Waals surface area contributed by atoms with E-state index >= 15 is 0 Å². The van der Waals surface area contributed by atoms with Crippen LogP contribution in [0.3, 0.4) is 0 Å². The van der Waals surface area contributed by atoms with Gasteiger partial charge in [-0.2, -0.15) is 0 Å². The van der Waals surface area contributed by atoms with Crippen LogP contribution in [0.5, 0.6) is 0 Å². The fourth-order valence-electron chi connectivity index (χ4n) is 0.659. The quantitative estimate of drug-likeness (QED) is 0.499. The molecule has 1 fully saturated rings. The minimum Gasteiger partial charge on any atom is -0.854 e. The van der Waals surface area contributed by atoms with Crippen molar-refractivity contribution in [2.45, 2.75) is 30.8 Å². The molecule has 0 aromatic carbocycles. The van der Waals surface area contributed by atoms with Crippen LogP contribution < -0.4 is 5.11 Å². The number of hydrogen-bond acceptors (Lipinski definition) is 1. The zero-order valence-electron chi connectivity index (χ0n) is 6.39. The predicted molar refractivity (Wildman–Crippen MR) is 39.7 cm³/mol. The maximum atomic E-state index is 9.91. The fourth-order valence-corrected chi connectivity index (χ4v) is 0.659. The van der Waals surface area contributed by atoms with Crippen molar-refractivity contribution in [2.75, 3.05) is 6.61 Å². The predicted octanol–water partition coefficient (Wildman–Crippen LogP) is 0.934. The molecule has 0 radical (unpaired) electrons. The first kappa shape index (κ1) is 9.49. The molecule has 0 bridgehead atoms. The summed E-state index contributed by atoms with van der Waals surface area (Å²) in [4.78, 5) is 0. The first-order valence-electron chi connectivity index (χ1n) is 3.67. The van der Waals surface area contributed by atoms with Crippen molar-refractivity contribution < 1.29 is 5.11 Å². The SMILES string of the molecule is [CH3][Al+][CH3].[O-]CC1CCC1. The van der Waals surface area contributed by atoms with Gasteiger partial charge in [-0.1, -0.05) is 25.2 Å². The van der Waals surface area contributed by atoms with Crippen molar-refractivity contribution in [3.05, 3.63) is 0 Å². The van der Waals surface area contributed by atoms with Gasteiger partial charge in [-0.15, -0.1) is 6.61 Å². The first-order valence-corrected chi connectivity index (χ1v) is 5.98. The topological polar surface area (TPSA) is 23.1 Å². The molecule has 0 amide bonds. The zero-order chi connectivity index (χ0) is 7.11. The molecule has 0 heterocycles. The van der Waals surface area contributed by atoms with Crippen LogP contribution in [0, 0.1) is 5.92 Å². The molecule has 0 N–H and O–H groups in total. The Morgan fingerprint density at radius 2 is 1.89 bits per heavy atom. The largest absolute Gasteiger partial charge is 0.854 e. The van der Waals surface area contributed by atoms with E-state index in [1.54, 1.807) is 0 Å². The second-order valence-electron chi connectivity index (χ2n) is 2.54. The molecular weight excluding hydrogens is 127 g/mol. The van der Waals surface area contributed by atoms with E-state index in [0.717, 1.165) is 15.2 Å². The van der Waals surface area contributed by atoms with Crippen LogP contribution in [0.15, 0.2) is 0 Å². The summed E-state index contributed by atoms with van der Waals surface area (Å²) in [6.45, 7) is 0.167. The summed E-state index contributed by atoms with van der Waals surface area (Å²) in [5.74, 6) is 4.98. The van der Waals surface area contributed by atoms with E-state index in [4.69, 9.17) is 0 Å². The molecule has 1 nitrogen and oxygen atoms in total. The molecule has 9 heavy (non-hydrogen) atoms. The van der Waals surface area contributed by atoms with Gasteiger partial charge < -0.3 is 5.11 Å². The van der Waals surface area contributed by atoms with Crippen molar-refractivity contribution in [2.24, 2.45) is 5.92 Å². The van der Waals surface area contributed by atoms with Gasteiger partial charge in [0.05, 0.1) is 0 Å². The molecular formula is C7H15AlO. The van der Waals surface area contributed by atoms with Gasteiger partial charge in [0.2, 0.25) is 0 Å². The van der Waals surface area contributed by atoms with Crippen LogP contribution in [0.4, 0.5) is 0 Å². The normalized spacial score (nSPS) is 16.8. The van der Waals surface area contributed by atoms with Gasteiger partial charge in [-0.05, 0) is 0 Å². The van der Waals surface area contributed by atoms with E-state index in [1.165, 1.54) is 19.3 Å². The Hall–Kier alpha value is 0.492. The molecule has 0 atom stereocenters. The Labute approximate surface area is 64.2 Å². The molecule has 0 spiro atoms. The van der Waals surface area contributed by atoms with Crippen molar-refractivity contribution in [3.63, 3.8) is 0 Å². The summed E-state index contributed by atoms with van der Waals surface area (Å²) in [5, 5.41) is 9.91. The molecule has 0 saturated heterocycles. The van der Waals surface area contributed by atoms with Crippen molar-refractivity contribution >= 4 is 15.2 Å². The Balaban J connectivity index is 0.000000187. The average Bonchev–Trinajstić information content (AvgIpc) is 1.64. The van der Waals surface area contributed by atoms with E-state index in [1.807, 2.05) is 0 Å². The molecule has 52 valence electrons. The standard InChI is InChI=1S/C5H9O.2CH3.Al/c6-4-5-2-1-3-5;;;/h5H,1-4H2;2*1H3;/q-1;;;+1. The summed E-state index contributed by atoms with van der Waals surface area (Å²) < 4.78 is 0. The summed E-state index contributed by atoms with van der Waals surface area (Å²) in [6, 6.07) is 0. The Bertz CT molecular complexity index is 50.1. The third-order valence-corrected chi connectivity index (χ3v) is 1.46. The van der Waals surface area contributed by atoms with E-state index < -0.39 is 0 Å². The Morgan fingerprint density at radius 1 is 1.44 bits per heavy atom. The van der Waals surface area contributed by atoms with Gasteiger partial charge in [0.15, 0.2) is 0 Å². The van der Waals surface area contributed by atoms with Gasteiger partial charge >= 0.3 is 26.8 Å². The smallest absolute Gasteiger partial charge is 0.0517 e. The van der Waals surface area contributed by atoms with Crippen LogP contribution in [0.2, 0.25) is 11.6 Å². The van der Waals surface area contributed by atoms with Crippen LogP contribution in [-0.4, -0.2) is 21.8 Å². The summed E-state index contributed by atoms with van der Waals surface area (Å²) in [6.07, 6.45) is 3.69. The third kappa shape index (κ3) is 4.96. The molecule has 0 aromatic heterocycles.